The highest BCUT2D eigenvalue weighted by molar-refractivity contribution is 5.97. The van der Waals surface area contributed by atoms with Crippen LogP contribution in [-0.2, 0) is 30.4 Å². The lowest BCUT2D eigenvalue weighted by atomic mass is 9.95. The summed E-state index contributed by atoms with van der Waals surface area (Å²) in [7, 11) is 1.38. The number of methoxy groups -OCH3 is 1. The molecule has 0 saturated heterocycles. The summed E-state index contributed by atoms with van der Waals surface area (Å²) in [5.74, 6) is -0.990. The number of amides is 2. The van der Waals surface area contributed by atoms with Crippen molar-refractivity contribution in [2.75, 3.05) is 12.4 Å². The first-order chi connectivity index (χ1) is 13.2. The van der Waals surface area contributed by atoms with Crippen LogP contribution in [0.15, 0.2) is 18.2 Å². The van der Waals surface area contributed by atoms with E-state index in [1.807, 2.05) is 0 Å². The van der Waals surface area contributed by atoms with E-state index in [9.17, 15) is 22.8 Å². The molecule has 1 aromatic heterocycles. The Kier molecular flexibility index (Phi) is 5.30. The van der Waals surface area contributed by atoms with Crippen molar-refractivity contribution in [1.82, 2.24) is 9.78 Å². The second kappa shape index (κ2) is 7.53. The molecule has 1 aliphatic rings. The lowest BCUT2D eigenvalue weighted by Crippen LogP contribution is -2.22. The number of nitrogens with one attached hydrogen (secondary N) is 1. The zero-order valence-electron chi connectivity index (χ0n) is 15.1. The molecule has 0 radical (unpaired) electrons. The number of nitrogens with zero attached hydrogens (tertiary/aromatic N) is 2. The fourth-order valence-corrected chi connectivity index (χ4v) is 3.31. The first kappa shape index (κ1) is 19.7. The van der Waals surface area contributed by atoms with Crippen molar-refractivity contribution in [2.45, 2.75) is 38.4 Å². The predicted molar refractivity (Wildman–Crippen MR) is 94.0 cm³/mol. The molecule has 7 nitrogen and oxygen atoms in total. The number of ether oxygens (including phenoxy) is 1. The monoisotopic (exact) mass is 396 g/mol. The molecule has 28 heavy (non-hydrogen) atoms. The molecule has 3 rings (SSSR count). The molecule has 1 heterocycles. The fourth-order valence-electron chi connectivity index (χ4n) is 3.31. The van der Waals surface area contributed by atoms with E-state index in [1.165, 1.54) is 25.3 Å². The average Bonchev–Trinajstić information content (AvgIpc) is 3.00. The number of fused-ring (bicyclic) bond motifs is 1. The molecule has 2 amide bonds. The lowest BCUT2D eigenvalue weighted by molar-refractivity contribution is -0.142. The molecule has 0 spiro atoms. The third kappa shape index (κ3) is 3.95. The standard InChI is InChI=1S/C18H19F3N4O3/c1-28-14-7-6-10(17(22)27)8-12(14)23-15(26)9-25-13-5-3-2-4-11(13)16(24-25)18(19,20)21/h6-8H,2-5,9H2,1H3,(H2,22,27)(H,23,26). The van der Waals surface area contributed by atoms with Crippen LogP contribution in [0.3, 0.4) is 0 Å². The predicted octanol–water partition coefficient (Wildman–Crippen LogP) is 2.53. The van der Waals surface area contributed by atoms with Crippen LogP contribution in [-0.4, -0.2) is 28.7 Å². The van der Waals surface area contributed by atoms with Crippen molar-refractivity contribution in [2.24, 2.45) is 5.73 Å². The summed E-state index contributed by atoms with van der Waals surface area (Å²) in [4.78, 5) is 23.8. The van der Waals surface area contributed by atoms with Crippen molar-refractivity contribution in [3.8, 4) is 5.75 Å². The Balaban J connectivity index is 1.86. The number of hydrogen-bond donors (Lipinski definition) is 2. The summed E-state index contributed by atoms with van der Waals surface area (Å²) in [6.45, 7) is -0.387. The summed E-state index contributed by atoms with van der Waals surface area (Å²) in [5, 5.41) is 6.20. The van der Waals surface area contributed by atoms with Gasteiger partial charge in [0.05, 0.1) is 12.8 Å². The highest BCUT2D eigenvalue weighted by Gasteiger charge is 2.39. The van der Waals surface area contributed by atoms with Crippen molar-refractivity contribution in [3.05, 3.63) is 40.7 Å². The van der Waals surface area contributed by atoms with E-state index in [0.29, 0.717) is 25.0 Å². The van der Waals surface area contributed by atoms with Gasteiger partial charge in [-0.2, -0.15) is 18.3 Å². The SMILES string of the molecule is COc1ccc(C(N)=O)cc1NC(=O)Cn1nc(C(F)(F)F)c2c1CCCC2. The molecule has 3 N–H and O–H groups in total. The number of primary amides is 1. The highest BCUT2D eigenvalue weighted by Crippen LogP contribution is 2.36. The average molecular weight is 396 g/mol. The number of hydrogen-bond acceptors (Lipinski definition) is 4. The maximum atomic E-state index is 13.3. The minimum Gasteiger partial charge on any atom is -0.495 e. The number of halogens is 3. The Morgan fingerprint density at radius 1 is 1.29 bits per heavy atom. The summed E-state index contributed by atoms with van der Waals surface area (Å²) >= 11 is 0. The molecule has 2 aromatic rings. The number of benzene rings is 1. The number of aromatic nitrogens is 2. The second-order valence-corrected chi connectivity index (χ2v) is 6.46. The number of carbonyl (C=O) groups is 2. The van der Waals surface area contributed by atoms with Crippen molar-refractivity contribution < 1.29 is 27.5 Å². The van der Waals surface area contributed by atoms with Crippen LogP contribution >= 0.6 is 0 Å². The minimum absolute atomic E-state index is 0.159. The number of rotatable bonds is 5. The number of anilines is 1. The van der Waals surface area contributed by atoms with E-state index in [-0.39, 0.29) is 29.1 Å². The van der Waals surface area contributed by atoms with E-state index in [4.69, 9.17) is 10.5 Å². The van der Waals surface area contributed by atoms with Crippen molar-refractivity contribution >= 4 is 17.5 Å². The van der Waals surface area contributed by atoms with E-state index in [0.717, 1.165) is 11.1 Å². The summed E-state index contributed by atoms with van der Waals surface area (Å²) in [5.41, 5.74) is 5.27. The largest absolute Gasteiger partial charge is 0.495 e. The van der Waals surface area contributed by atoms with Crippen LogP contribution in [0, 0.1) is 0 Å². The van der Waals surface area contributed by atoms with E-state index < -0.39 is 23.7 Å². The van der Waals surface area contributed by atoms with Gasteiger partial charge in [-0.05, 0) is 43.9 Å². The zero-order chi connectivity index (χ0) is 20.5. The maximum absolute atomic E-state index is 13.3. The van der Waals surface area contributed by atoms with Crippen LogP contribution < -0.4 is 15.8 Å². The lowest BCUT2D eigenvalue weighted by Gasteiger charge is -2.15. The third-order valence-corrected chi connectivity index (χ3v) is 4.58. The molecule has 150 valence electrons. The molecule has 0 aliphatic heterocycles. The first-order valence-electron chi connectivity index (χ1n) is 8.64. The van der Waals surface area contributed by atoms with Gasteiger partial charge in [-0.1, -0.05) is 0 Å². The summed E-state index contributed by atoms with van der Waals surface area (Å²) < 4.78 is 46.0. The fraction of sp³-hybridized carbons (Fsp3) is 0.389. The Bertz CT molecular complexity index is 922. The quantitative estimate of drug-likeness (QED) is 0.811. The third-order valence-electron chi connectivity index (χ3n) is 4.58. The molecule has 0 unspecified atom stereocenters. The zero-order valence-corrected chi connectivity index (χ0v) is 15.1. The van der Waals surface area contributed by atoms with Gasteiger partial charge in [0.25, 0.3) is 0 Å². The smallest absolute Gasteiger partial charge is 0.435 e. The Labute approximate surface area is 158 Å². The molecule has 10 heteroatoms. The van der Waals surface area contributed by atoms with E-state index >= 15 is 0 Å². The van der Waals surface area contributed by atoms with Crippen LogP contribution in [0.25, 0.3) is 0 Å². The van der Waals surface area contributed by atoms with Crippen molar-refractivity contribution in [1.29, 1.82) is 0 Å². The van der Waals surface area contributed by atoms with E-state index in [2.05, 4.69) is 10.4 Å². The molecule has 1 aromatic carbocycles. The number of alkyl halides is 3. The number of carbonyl (C=O) groups excluding carboxylic acids is 2. The Hall–Kier alpha value is -3.04. The van der Waals surface area contributed by atoms with E-state index in [1.54, 1.807) is 0 Å². The van der Waals surface area contributed by atoms with Gasteiger partial charge in [-0.3, -0.25) is 14.3 Å². The van der Waals surface area contributed by atoms with Crippen molar-refractivity contribution in [3.63, 3.8) is 0 Å². The van der Waals surface area contributed by atoms with Gasteiger partial charge in [-0.15, -0.1) is 0 Å². The maximum Gasteiger partial charge on any atom is 0.435 e. The number of nitrogens with two attached hydrogens (primary N) is 1. The van der Waals surface area contributed by atoms with Gasteiger partial charge in [-0.25, -0.2) is 0 Å². The van der Waals surface area contributed by atoms with Crippen LogP contribution in [0.1, 0.15) is 40.2 Å². The molecular formula is C18H19F3N4O3. The van der Waals surface area contributed by atoms with Gasteiger partial charge in [0.2, 0.25) is 11.8 Å². The molecule has 0 saturated carbocycles. The highest BCUT2D eigenvalue weighted by atomic mass is 19.4. The van der Waals surface area contributed by atoms with Crippen LogP contribution in [0.2, 0.25) is 0 Å². The van der Waals surface area contributed by atoms with Crippen LogP contribution in [0.4, 0.5) is 18.9 Å². The molecular weight excluding hydrogens is 377 g/mol. The van der Waals surface area contributed by atoms with Gasteiger partial charge in [0, 0.05) is 16.8 Å². The first-order valence-corrected chi connectivity index (χ1v) is 8.64. The topological polar surface area (TPSA) is 99.2 Å². The molecule has 0 fully saturated rings. The summed E-state index contributed by atoms with van der Waals surface area (Å²) in [6, 6.07) is 4.25. The van der Waals surface area contributed by atoms with Gasteiger partial charge in [0.15, 0.2) is 5.69 Å². The molecule has 1 aliphatic carbocycles. The molecule has 0 atom stereocenters. The summed E-state index contributed by atoms with van der Waals surface area (Å²) in [6.07, 6.45) is -2.44. The Morgan fingerprint density at radius 2 is 2.00 bits per heavy atom. The Morgan fingerprint density at radius 3 is 2.64 bits per heavy atom. The van der Waals surface area contributed by atoms with Gasteiger partial charge in [0.1, 0.15) is 12.3 Å². The minimum atomic E-state index is -4.57. The van der Waals surface area contributed by atoms with Gasteiger partial charge >= 0.3 is 6.18 Å². The second-order valence-electron chi connectivity index (χ2n) is 6.46. The van der Waals surface area contributed by atoms with Crippen LogP contribution in [0.5, 0.6) is 5.75 Å². The molecule has 0 bridgehead atoms. The normalized spacial score (nSPS) is 13.7. The van der Waals surface area contributed by atoms with Gasteiger partial charge < -0.3 is 15.8 Å².